The molecule has 4 heteroatoms. The van der Waals surface area contributed by atoms with Crippen molar-refractivity contribution < 1.29 is 9.53 Å². The first-order valence-electron chi connectivity index (χ1n) is 6.19. The Morgan fingerprint density at radius 3 is 2.41 bits per heavy atom. The second kappa shape index (κ2) is 5.08. The molecular formula is C13H24N2O2. The van der Waals surface area contributed by atoms with Gasteiger partial charge < -0.3 is 15.8 Å². The van der Waals surface area contributed by atoms with Crippen molar-refractivity contribution >= 4 is 6.09 Å². The van der Waals surface area contributed by atoms with Crippen LogP contribution < -0.4 is 11.1 Å². The molecule has 0 heterocycles. The molecule has 0 spiro atoms. The molecule has 0 aliphatic heterocycles. The summed E-state index contributed by atoms with van der Waals surface area (Å²) in [5.41, 5.74) is 4.98. The molecule has 1 amide bonds. The number of alkyl carbamates (subject to hydrolysis) is 1. The highest BCUT2D eigenvalue weighted by atomic mass is 16.6. The zero-order valence-corrected chi connectivity index (χ0v) is 11.2. The van der Waals surface area contributed by atoms with Crippen LogP contribution in [0.1, 0.15) is 47.0 Å². The molecule has 4 nitrogen and oxygen atoms in total. The van der Waals surface area contributed by atoms with Gasteiger partial charge >= 0.3 is 6.09 Å². The molecule has 1 atom stereocenters. The lowest BCUT2D eigenvalue weighted by molar-refractivity contribution is 0.0432. The number of carbonyl (C=O) groups is 1. The van der Waals surface area contributed by atoms with Crippen molar-refractivity contribution in [3.05, 3.63) is 12.2 Å². The predicted octanol–water partition coefficient (Wildman–Crippen LogP) is 2.34. The lowest BCUT2D eigenvalue weighted by Crippen LogP contribution is -2.53. The second-order valence-corrected chi connectivity index (χ2v) is 5.85. The largest absolute Gasteiger partial charge is 0.444 e. The van der Waals surface area contributed by atoms with Crippen LogP contribution in [0, 0.1) is 0 Å². The van der Waals surface area contributed by atoms with E-state index in [1.165, 1.54) is 0 Å². The zero-order chi connectivity index (χ0) is 13.1. The Bertz CT molecular complexity index is 299. The monoisotopic (exact) mass is 240 g/mol. The molecule has 0 aromatic rings. The van der Waals surface area contributed by atoms with Crippen molar-refractivity contribution in [1.29, 1.82) is 0 Å². The van der Waals surface area contributed by atoms with Gasteiger partial charge in [0, 0.05) is 6.04 Å². The van der Waals surface area contributed by atoms with Crippen molar-refractivity contribution in [2.45, 2.75) is 64.1 Å². The van der Waals surface area contributed by atoms with Crippen LogP contribution in [0.3, 0.4) is 0 Å². The molecular weight excluding hydrogens is 216 g/mol. The first-order chi connectivity index (χ1) is 7.72. The van der Waals surface area contributed by atoms with E-state index in [4.69, 9.17) is 10.5 Å². The maximum Gasteiger partial charge on any atom is 0.408 e. The highest BCUT2D eigenvalue weighted by molar-refractivity contribution is 5.69. The number of nitrogens with two attached hydrogens (primary N) is 1. The summed E-state index contributed by atoms with van der Waals surface area (Å²) in [5, 5.41) is 2.94. The van der Waals surface area contributed by atoms with Gasteiger partial charge in [0.25, 0.3) is 0 Å². The van der Waals surface area contributed by atoms with Crippen molar-refractivity contribution in [2.24, 2.45) is 5.73 Å². The molecule has 1 saturated carbocycles. The summed E-state index contributed by atoms with van der Waals surface area (Å²) >= 11 is 0. The predicted molar refractivity (Wildman–Crippen MR) is 68.7 cm³/mol. The Morgan fingerprint density at radius 1 is 1.47 bits per heavy atom. The Labute approximate surface area is 104 Å². The van der Waals surface area contributed by atoms with E-state index in [-0.39, 0.29) is 17.7 Å². The summed E-state index contributed by atoms with van der Waals surface area (Å²) in [6, 6.07) is 0.00733. The van der Waals surface area contributed by atoms with Gasteiger partial charge in [0.1, 0.15) is 5.60 Å². The normalized spacial score (nSPS) is 20.8. The molecule has 1 rings (SSSR count). The zero-order valence-electron chi connectivity index (χ0n) is 11.2. The average molecular weight is 240 g/mol. The fourth-order valence-corrected chi connectivity index (χ4v) is 1.73. The lowest BCUT2D eigenvalue weighted by atomic mass is 9.76. The highest BCUT2D eigenvalue weighted by Crippen LogP contribution is 2.33. The topological polar surface area (TPSA) is 64.3 Å². The van der Waals surface area contributed by atoms with Crippen LogP contribution >= 0.6 is 0 Å². The van der Waals surface area contributed by atoms with E-state index >= 15 is 0 Å². The third-order valence-corrected chi connectivity index (χ3v) is 2.71. The van der Waals surface area contributed by atoms with Gasteiger partial charge in [0.15, 0.2) is 0 Å². The van der Waals surface area contributed by atoms with E-state index in [0.717, 1.165) is 19.3 Å². The van der Waals surface area contributed by atoms with Crippen LogP contribution in [0.25, 0.3) is 0 Å². The SMILES string of the molecule is CC(N)/C=C/C1(NC(=O)OC(C)(C)C)CCC1. The number of amides is 1. The van der Waals surface area contributed by atoms with Crippen LogP contribution in [0.2, 0.25) is 0 Å². The smallest absolute Gasteiger partial charge is 0.408 e. The van der Waals surface area contributed by atoms with Gasteiger partial charge in [-0.25, -0.2) is 4.79 Å². The van der Waals surface area contributed by atoms with E-state index < -0.39 is 5.60 Å². The molecule has 1 aliphatic rings. The van der Waals surface area contributed by atoms with Crippen LogP contribution in [-0.4, -0.2) is 23.3 Å². The minimum atomic E-state index is -0.458. The van der Waals surface area contributed by atoms with Gasteiger partial charge in [-0.1, -0.05) is 12.2 Å². The molecule has 0 aromatic heterocycles. The standard InChI is InChI=1S/C13H24N2O2/c1-10(14)6-9-13(7-5-8-13)15-11(16)17-12(2,3)4/h6,9-10H,5,7-8,14H2,1-4H3,(H,15,16)/b9-6+. The molecule has 0 saturated heterocycles. The van der Waals surface area contributed by atoms with E-state index in [0.29, 0.717) is 0 Å². The highest BCUT2D eigenvalue weighted by Gasteiger charge is 2.37. The minimum Gasteiger partial charge on any atom is -0.444 e. The maximum atomic E-state index is 11.7. The molecule has 3 N–H and O–H groups in total. The van der Waals surface area contributed by atoms with Crippen molar-refractivity contribution in [3.8, 4) is 0 Å². The van der Waals surface area contributed by atoms with E-state index in [9.17, 15) is 4.79 Å². The number of hydrogen-bond donors (Lipinski definition) is 2. The van der Waals surface area contributed by atoms with Gasteiger partial charge in [-0.15, -0.1) is 0 Å². The number of hydrogen-bond acceptors (Lipinski definition) is 3. The lowest BCUT2D eigenvalue weighted by Gasteiger charge is -2.40. The minimum absolute atomic E-state index is 0.00733. The van der Waals surface area contributed by atoms with Crippen molar-refractivity contribution in [1.82, 2.24) is 5.32 Å². The summed E-state index contributed by atoms with van der Waals surface area (Å²) < 4.78 is 5.26. The third-order valence-electron chi connectivity index (χ3n) is 2.71. The molecule has 98 valence electrons. The van der Waals surface area contributed by atoms with Gasteiger partial charge in [0.05, 0.1) is 5.54 Å². The van der Waals surface area contributed by atoms with Gasteiger partial charge in [0.2, 0.25) is 0 Å². The van der Waals surface area contributed by atoms with E-state index in [1.54, 1.807) is 0 Å². The molecule has 17 heavy (non-hydrogen) atoms. The van der Waals surface area contributed by atoms with Gasteiger partial charge in [-0.05, 0) is 47.0 Å². The van der Waals surface area contributed by atoms with Crippen molar-refractivity contribution in [2.75, 3.05) is 0 Å². The summed E-state index contributed by atoms with van der Waals surface area (Å²) in [7, 11) is 0. The first-order valence-corrected chi connectivity index (χ1v) is 6.19. The van der Waals surface area contributed by atoms with Crippen LogP contribution in [-0.2, 0) is 4.74 Å². The Kier molecular flexibility index (Phi) is 4.20. The van der Waals surface area contributed by atoms with Gasteiger partial charge in [-0.3, -0.25) is 0 Å². The fourth-order valence-electron chi connectivity index (χ4n) is 1.73. The van der Waals surface area contributed by atoms with E-state index in [2.05, 4.69) is 5.32 Å². The molecule has 1 aliphatic carbocycles. The molecule has 1 fully saturated rings. The van der Waals surface area contributed by atoms with Gasteiger partial charge in [-0.2, -0.15) is 0 Å². The Hall–Kier alpha value is -1.03. The quantitative estimate of drug-likeness (QED) is 0.744. The van der Waals surface area contributed by atoms with E-state index in [1.807, 2.05) is 39.8 Å². The number of carbonyl (C=O) groups excluding carboxylic acids is 1. The number of ether oxygens (including phenoxy) is 1. The fraction of sp³-hybridized carbons (Fsp3) is 0.769. The van der Waals surface area contributed by atoms with Crippen LogP contribution in [0.4, 0.5) is 4.79 Å². The summed E-state index contributed by atoms with van der Waals surface area (Å²) in [6.45, 7) is 7.49. The summed E-state index contributed by atoms with van der Waals surface area (Å²) in [5.74, 6) is 0. The maximum absolute atomic E-state index is 11.7. The molecule has 1 unspecified atom stereocenters. The van der Waals surface area contributed by atoms with Crippen LogP contribution in [0.5, 0.6) is 0 Å². The second-order valence-electron chi connectivity index (χ2n) is 5.85. The number of rotatable bonds is 3. The number of nitrogens with one attached hydrogen (secondary N) is 1. The third kappa shape index (κ3) is 4.77. The average Bonchev–Trinajstić information content (AvgIpc) is 2.05. The summed E-state index contributed by atoms with van der Waals surface area (Å²) in [6.07, 6.45) is 6.61. The Balaban J connectivity index is 2.55. The first kappa shape index (κ1) is 14.0. The molecule has 0 bridgehead atoms. The van der Waals surface area contributed by atoms with Crippen molar-refractivity contribution in [3.63, 3.8) is 0 Å². The van der Waals surface area contributed by atoms with Crippen LogP contribution in [0.15, 0.2) is 12.2 Å². The molecule has 0 aromatic carbocycles. The molecule has 0 radical (unpaired) electrons. The Morgan fingerprint density at radius 2 is 2.06 bits per heavy atom. The summed E-state index contributed by atoms with van der Waals surface area (Å²) in [4.78, 5) is 11.7.